The lowest BCUT2D eigenvalue weighted by Gasteiger charge is -2.31. The molecule has 7 nitrogen and oxygen atoms in total. The van der Waals surface area contributed by atoms with Gasteiger partial charge in [-0.25, -0.2) is 0 Å². The Kier molecular flexibility index (Phi) is 4.94. The van der Waals surface area contributed by atoms with E-state index in [1.165, 1.54) is 0 Å². The Hall–Kier alpha value is -1.63. The zero-order valence-corrected chi connectivity index (χ0v) is 12.4. The van der Waals surface area contributed by atoms with E-state index in [9.17, 15) is 0 Å². The molecule has 0 atom stereocenters. The Bertz CT molecular complexity index is 433. The van der Waals surface area contributed by atoms with Crippen LogP contribution in [0.5, 0.6) is 6.01 Å². The first-order chi connectivity index (χ1) is 9.58. The highest BCUT2D eigenvalue weighted by Crippen LogP contribution is 2.22. The number of nitrogens with zero attached hydrogens (tertiary/aromatic N) is 4. The van der Waals surface area contributed by atoms with Crippen LogP contribution in [0.4, 0.5) is 11.9 Å². The summed E-state index contributed by atoms with van der Waals surface area (Å²) >= 11 is 0. The van der Waals surface area contributed by atoms with Crippen LogP contribution >= 0.6 is 0 Å². The summed E-state index contributed by atoms with van der Waals surface area (Å²) in [7, 11) is 1.74. The van der Waals surface area contributed by atoms with Gasteiger partial charge in [0.2, 0.25) is 11.9 Å². The van der Waals surface area contributed by atoms with Gasteiger partial charge in [0.05, 0.1) is 6.10 Å². The van der Waals surface area contributed by atoms with Crippen LogP contribution in [-0.2, 0) is 4.74 Å². The molecule has 2 rings (SSSR count). The van der Waals surface area contributed by atoms with E-state index in [1.807, 2.05) is 13.8 Å². The minimum atomic E-state index is 0.0112. The minimum absolute atomic E-state index is 0.0112. The first-order valence-corrected chi connectivity index (χ1v) is 7.00. The second-order valence-electron chi connectivity index (χ2n) is 5.33. The van der Waals surface area contributed by atoms with Crippen molar-refractivity contribution in [3.8, 4) is 6.01 Å². The van der Waals surface area contributed by atoms with Gasteiger partial charge in [-0.3, -0.25) is 0 Å². The monoisotopic (exact) mass is 281 g/mol. The summed E-state index contributed by atoms with van der Waals surface area (Å²) in [6.07, 6.45) is 2.15. The number of aromatic nitrogens is 3. The molecule has 0 aliphatic carbocycles. The average molecular weight is 281 g/mol. The summed E-state index contributed by atoms with van der Waals surface area (Å²) in [6, 6.07) is 0.293. The van der Waals surface area contributed by atoms with Gasteiger partial charge in [0.15, 0.2) is 0 Å². The highest BCUT2D eigenvalue weighted by molar-refractivity contribution is 5.36. The molecule has 1 saturated heterocycles. The van der Waals surface area contributed by atoms with E-state index in [0.717, 1.165) is 32.5 Å². The maximum atomic E-state index is 5.73. The van der Waals surface area contributed by atoms with Gasteiger partial charge in [0, 0.05) is 26.8 Å². The van der Waals surface area contributed by atoms with Gasteiger partial charge in [-0.2, -0.15) is 15.0 Å². The Balaban J connectivity index is 2.03. The van der Waals surface area contributed by atoms with Gasteiger partial charge in [-0.1, -0.05) is 0 Å². The SMILES string of the molecule is COCC1CCN(c2nc(N)nc(OC(C)C)n2)CC1. The molecule has 2 heterocycles. The molecule has 1 aliphatic rings. The van der Waals surface area contributed by atoms with E-state index < -0.39 is 0 Å². The largest absolute Gasteiger partial charge is 0.461 e. The molecule has 20 heavy (non-hydrogen) atoms. The number of nitrogens with two attached hydrogens (primary N) is 1. The quantitative estimate of drug-likeness (QED) is 0.864. The summed E-state index contributed by atoms with van der Waals surface area (Å²) in [4.78, 5) is 14.7. The zero-order chi connectivity index (χ0) is 14.5. The smallest absolute Gasteiger partial charge is 0.323 e. The summed E-state index contributed by atoms with van der Waals surface area (Å²) in [5.74, 6) is 1.41. The van der Waals surface area contributed by atoms with Crippen LogP contribution in [0.3, 0.4) is 0 Å². The van der Waals surface area contributed by atoms with Crippen LogP contribution < -0.4 is 15.4 Å². The second kappa shape index (κ2) is 6.69. The molecule has 0 unspecified atom stereocenters. The lowest BCUT2D eigenvalue weighted by Crippen LogP contribution is -2.36. The van der Waals surface area contributed by atoms with Crippen molar-refractivity contribution in [1.29, 1.82) is 0 Å². The van der Waals surface area contributed by atoms with Crippen LogP contribution in [0.1, 0.15) is 26.7 Å². The fourth-order valence-corrected chi connectivity index (χ4v) is 2.30. The molecule has 0 spiro atoms. The maximum Gasteiger partial charge on any atom is 0.323 e. The van der Waals surface area contributed by atoms with Crippen molar-refractivity contribution in [2.24, 2.45) is 5.92 Å². The molecule has 0 aromatic carbocycles. The van der Waals surface area contributed by atoms with E-state index in [0.29, 0.717) is 17.9 Å². The summed E-state index contributed by atoms with van der Waals surface area (Å²) in [5.41, 5.74) is 5.73. The minimum Gasteiger partial charge on any atom is -0.461 e. The molecule has 0 saturated carbocycles. The summed E-state index contributed by atoms with van der Waals surface area (Å²) in [6.45, 7) is 6.47. The fraction of sp³-hybridized carbons (Fsp3) is 0.769. The normalized spacial score (nSPS) is 16.7. The Morgan fingerprint density at radius 2 is 1.95 bits per heavy atom. The molecule has 1 aromatic rings. The first kappa shape index (κ1) is 14.8. The number of nitrogen functional groups attached to an aromatic ring is 1. The van der Waals surface area contributed by atoms with Gasteiger partial charge in [0.1, 0.15) is 0 Å². The third-order valence-corrected chi connectivity index (χ3v) is 3.26. The molecule has 112 valence electrons. The lowest BCUT2D eigenvalue weighted by atomic mass is 9.98. The van der Waals surface area contributed by atoms with Gasteiger partial charge < -0.3 is 20.1 Å². The second-order valence-corrected chi connectivity index (χ2v) is 5.33. The molecule has 2 N–H and O–H groups in total. The third-order valence-electron chi connectivity index (χ3n) is 3.26. The molecule has 0 bridgehead atoms. The number of hydrogen-bond donors (Lipinski definition) is 1. The van der Waals surface area contributed by atoms with Gasteiger partial charge in [-0.15, -0.1) is 0 Å². The molecule has 1 fully saturated rings. The van der Waals surface area contributed by atoms with Crippen LogP contribution in [0.2, 0.25) is 0 Å². The van der Waals surface area contributed by atoms with E-state index in [2.05, 4.69) is 19.9 Å². The van der Waals surface area contributed by atoms with Gasteiger partial charge >= 0.3 is 6.01 Å². The molecule has 0 amide bonds. The van der Waals surface area contributed by atoms with E-state index in [4.69, 9.17) is 15.2 Å². The molecular formula is C13H23N5O2. The zero-order valence-electron chi connectivity index (χ0n) is 12.4. The maximum absolute atomic E-state index is 5.73. The highest BCUT2D eigenvalue weighted by Gasteiger charge is 2.22. The highest BCUT2D eigenvalue weighted by atomic mass is 16.5. The van der Waals surface area contributed by atoms with E-state index in [1.54, 1.807) is 7.11 Å². The fourth-order valence-electron chi connectivity index (χ4n) is 2.30. The predicted molar refractivity (Wildman–Crippen MR) is 76.8 cm³/mol. The van der Waals surface area contributed by atoms with Gasteiger partial charge in [0.25, 0.3) is 0 Å². The summed E-state index contributed by atoms with van der Waals surface area (Å²) in [5, 5.41) is 0. The Morgan fingerprint density at radius 1 is 1.25 bits per heavy atom. The van der Waals surface area contributed by atoms with Crippen molar-refractivity contribution in [3.63, 3.8) is 0 Å². The van der Waals surface area contributed by atoms with Crippen molar-refractivity contribution in [3.05, 3.63) is 0 Å². The van der Waals surface area contributed by atoms with Gasteiger partial charge in [-0.05, 0) is 32.6 Å². The molecule has 7 heteroatoms. The Morgan fingerprint density at radius 3 is 2.55 bits per heavy atom. The van der Waals surface area contributed by atoms with Crippen molar-refractivity contribution in [2.45, 2.75) is 32.8 Å². The Labute approximate surface area is 119 Å². The van der Waals surface area contributed by atoms with Crippen LogP contribution in [0.25, 0.3) is 0 Å². The predicted octanol–water partition coefficient (Wildman–Crippen LogP) is 1.10. The lowest BCUT2D eigenvalue weighted by molar-refractivity contribution is 0.138. The first-order valence-electron chi connectivity index (χ1n) is 7.00. The number of rotatable bonds is 5. The molecular weight excluding hydrogens is 258 g/mol. The van der Waals surface area contributed by atoms with Crippen molar-refractivity contribution in [1.82, 2.24) is 15.0 Å². The van der Waals surface area contributed by atoms with E-state index >= 15 is 0 Å². The average Bonchev–Trinajstić information content (AvgIpc) is 2.38. The molecule has 0 radical (unpaired) electrons. The van der Waals surface area contributed by atoms with Crippen LogP contribution in [-0.4, -0.2) is 47.9 Å². The topological polar surface area (TPSA) is 86.4 Å². The number of piperidine rings is 1. The van der Waals surface area contributed by atoms with Crippen molar-refractivity contribution < 1.29 is 9.47 Å². The van der Waals surface area contributed by atoms with E-state index in [-0.39, 0.29) is 12.1 Å². The van der Waals surface area contributed by atoms with Crippen LogP contribution in [0, 0.1) is 5.92 Å². The van der Waals surface area contributed by atoms with Crippen molar-refractivity contribution in [2.75, 3.05) is 37.4 Å². The molecule has 1 aromatic heterocycles. The number of ether oxygens (including phenoxy) is 2. The van der Waals surface area contributed by atoms with Crippen molar-refractivity contribution >= 4 is 11.9 Å². The third kappa shape index (κ3) is 3.93. The van der Waals surface area contributed by atoms with Crippen LogP contribution in [0.15, 0.2) is 0 Å². The summed E-state index contributed by atoms with van der Waals surface area (Å²) < 4.78 is 10.7. The number of hydrogen-bond acceptors (Lipinski definition) is 7. The number of methoxy groups -OCH3 is 1. The number of anilines is 2. The molecule has 1 aliphatic heterocycles. The standard InChI is InChI=1S/C13H23N5O2/c1-9(2)20-13-16-11(14)15-12(17-13)18-6-4-10(5-7-18)8-19-3/h9-10H,4-8H2,1-3H3,(H2,14,15,16,17).